The number of ketones is 1. The quantitative estimate of drug-likeness (QED) is 0.260. The summed E-state index contributed by atoms with van der Waals surface area (Å²) in [5, 5.41) is 13.1. The molecule has 3 fully saturated rings. The Labute approximate surface area is 200 Å². The SMILES string of the molecule is COc1cccc(C(=O)CN(C(=O)c2ccccc2[N+](=O)[O-])N2C(=O)[C@@H]3[C@H]4CC[C@@H](C4)[C@H]3C2=O)c1. The fraction of sp³-hybridized carbons (Fsp3) is 0.360. The van der Waals surface area contributed by atoms with Gasteiger partial charge in [0.1, 0.15) is 17.9 Å². The van der Waals surface area contributed by atoms with Crippen molar-refractivity contribution in [2.24, 2.45) is 23.7 Å². The molecule has 2 aromatic rings. The molecule has 3 aliphatic rings. The standard InChI is InChI=1S/C25H23N3O7/c1-35-17-6-4-5-14(12-17)20(29)13-26(23(30)18-7-2-3-8-19(18)28(33)34)27-24(31)21-15-9-10-16(11-15)22(21)25(27)32/h2-8,12,15-16,21-22H,9-11,13H2,1H3/t15-,16-,21+,22+/m0/s1. The molecule has 0 unspecified atom stereocenters. The second kappa shape index (κ2) is 8.61. The van der Waals surface area contributed by atoms with Crippen molar-refractivity contribution in [3.63, 3.8) is 0 Å². The predicted molar refractivity (Wildman–Crippen MR) is 121 cm³/mol. The van der Waals surface area contributed by atoms with Crippen LogP contribution in [0.15, 0.2) is 48.5 Å². The van der Waals surface area contributed by atoms with Crippen LogP contribution in [0.25, 0.3) is 0 Å². The molecule has 10 heteroatoms. The van der Waals surface area contributed by atoms with E-state index in [1.165, 1.54) is 37.4 Å². The third-order valence-electron chi connectivity index (χ3n) is 7.40. The second-order valence-corrected chi connectivity index (χ2v) is 9.17. The Morgan fingerprint density at radius 2 is 1.71 bits per heavy atom. The number of ether oxygens (including phenoxy) is 1. The molecule has 1 aliphatic heterocycles. The largest absolute Gasteiger partial charge is 0.497 e. The first-order valence-corrected chi connectivity index (χ1v) is 11.4. The Morgan fingerprint density at radius 3 is 2.34 bits per heavy atom. The van der Waals surface area contributed by atoms with Gasteiger partial charge in [-0.25, -0.2) is 5.01 Å². The van der Waals surface area contributed by atoms with E-state index in [0.717, 1.165) is 35.3 Å². The Bertz CT molecular complexity index is 1230. The van der Waals surface area contributed by atoms with Gasteiger partial charge in [0.2, 0.25) is 0 Å². The first kappa shape index (κ1) is 22.7. The van der Waals surface area contributed by atoms with Gasteiger partial charge >= 0.3 is 0 Å². The normalized spacial score (nSPS) is 24.4. The fourth-order valence-corrected chi connectivity index (χ4v) is 5.84. The second-order valence-electron chi connectivity index (χ2n) is 9.17. The van der Waals surface area contributed by atoms with Gasteiger partial charge in [-0.2, -0.15) is 5.01 Å². The van der Waals surface area contributed by atoms with E-state index in [4.69, 9.17) is 4.74 Å². The maximum atomic E-state index is 13.6. The van der Waals surface area contributed by atoms with Gasteiger partial charge in [0, 0.05) is 11.6 Å². The van der Waals surface area contributed by atoms with Gasteiger partial charge in [0.05, 0.1) is 23.9 Å². The summed E-state index contributed by atoms with van der Waals surface area (Å²) < 4.78 is 5.16. The maximum Gasteiger partial charge on any atom is 0.282 e. The molecule has 5 rings (SSSR count). The Balaban J connectivity index is 1.54. The van der Waals surface area contributed by atoms with E-state index in [0.29, 0.717) is 5.75 Å². The molecule has 4 atom stereocenters. The van der Waals surface area contributed by atoms with Crippen LogP contribution in [-0.4, -0.2) is 52.1 Å². The highest BCUT2D eigenvalue weighted by molar-refractivity contribution is 6.10. The number of carbonyl (C=O) groups is 4. The number of Topliss-reactive ketones (excluding diaryl/α,β-unsaturated/α-hetero) is 1. The molecular formula is C25H23N3O7. The zero-order valence-corrected chi connectivity index (χ0v) is 19.0. The van der Waals surface area contributed by atoms with Gasteiger partial charge in [0.25, 0.3) is 23.4 Å². The van der Waals surface area contributed by atoms with Gasteiger partial charge < -0.3 is 4.74 Å². The molecular weight excluding hydrogens is 454 g/mol. The van der Waals surface area contributed by atoms with Crippen LogP contribution in [0, 0.1) is 33.8 Å². The molecule has 1 heterocycles. The number of nitro benzene ring substituents is 1. The van der Waals surface area contributed by atoms with Crippen molar-refractivity contribution in [3.05, 3.63) is 69.8 Å². The number of imide groups is 1. The minimum Gasteiger partial charge on any atom is -0.497 e. The maximum absolute atomic E-state index is 13.6. The molecule has 3 amide bonds. The van der Waals surface area contributed by atoms with Crippen molar-refractivity contribution >= 4 is 29.2 Å². The monoisotopic (exact) mass is 477 g/mol. The number of benzene rings is 2. The highest BCUT2D eigenvalue weighted by atomic mass is 16.6. The van der Waals surface area contributed by atoms with Crippen LogP contribution < -0.4 is 4.74 Å². The number of rotatable bonds is 7. The lowest BCUT2D eigenvalue weighted by Gasteiger charge is -2.30. The highest BCUT2D eigenvalue weighted by Crippen LogP contribution is 2.56. The van der Waals surface area contributed by atoms with Crippen LogP contribution in [0.1, 0.15) is 40.0 Å². The summed E-state index contributed by atoms with van der Waals surface area (Å²) in [5.41, 5.74) is -0.573. The van der Waals surface area contributed by atoms with E-state index in [2.05, 4.69) is 0 Å². The third-order valence-corrected chi connectivity index (χ3v) is 7.40. The summed E-state index contributed by atoms with van der Waals surface area (Å²) in [6.45, 7) is -0.635. The minimum atomic E-state index is -0.956. The molecule has 2 aliphatic carbocycles. The van der Waals surface area contributed by atoms with Crippen molar-refractivity contribution in [2.45, 2.75) is 19.3 Å². The summed E-state index contributed by atoms with van der Waals surface area (Å²) in [7, 11) is 1.45. The average molecular weight is 477 g/mol. The number of hydrazine groups is 1. The number of para-hydroxylation sites is 1. The van der Waals surface area contributed by atoms with Gasteiger partial charge in [0.15, 0.2) is 5.78 Å². The first-order valence-electron chi connectivity index (χ1n) is 11.4. The number of carbonyl (C=O) groups excluding carboxylic acids is 4. The Morgan fingerprint density at radius 1 is 1.06 bits per heavy atom. The number of methoxy groups -OCH3 is 1. The molecule has 10 nitrogen and oxygen atoms in total. The molecule has 2 saturated carbocycles. The van der Waals surface area contributed by atoms with Gasteiger partial charge in [-0.1, -0.05) is 24.3 Å². The number of amides is 3. The van der Waals surface area contributed by atoms with Crippen molar-refractivity contribution in [1.82, 2.24) is 10.0 Å². The van der Waals surface area contributed by atoms with Crippen molar-refractivity contribution in [3.8, 4) is 5.75 Å². The Hall–Kier alpha value is -4.08. The average Bonchev–Trinajstić information content (AvgIpc) is 3.56. The lowest BCUT2D eigenvalue weighted by atomic mass is 9.81. The number of nitro groups is 1. The first-order chi connectivity index (χ1) is 16.8. The van der Waals surface area contributed by atoms with E-state index >= 15 is 0 Å². The van der Waals surface area contributed by atoms with Crippen LogP contribution in [0.2, 0.25) is 0 Å². The summed E-state index contributed by atoms with van der Waals surface area (Å²) in [4.78, 5) is 64.6. The van der Waals surface area contributed by atoms with Crippen molar-refractivity contribution in [2.75, 3.05) is 13.7 Å². The molecule has 0 spiro atoms. The molecule has 0 N–H and O–H groups in total. The predicted octanol–water partition coefficient (Wildman–Crippen LogP) is 2.87. The smallest absolute Gasteiger partial charge is 0.282 e. The van der Waals surface area contributed by atoms with Gasteiger partial charge in [-0.15, -0.1) is 0 Å². The van der Waals surface area contributed by atoms with Gasteiger partial charge in [-0.05, 0) is 49.3 Å². The van der Waals surface area contributed by atoms with Crippen molar-refractivity contribution in [1.29, 1.82) is 0 Å². The zero-order valence-electron chi connectivity index (χ0n) is 19.0. The van der Waals surface area contributed by atoms with E-state index in [-0.39, 0.29) is 23.0 Å². The molecule has 0 radical (unpaired) electrons. The number of hydrogen-bond acceptors (Lipinski definition) is 7. The zero-order chi connectivity index (χ0) is 24.9. The van der Waals surface area contributed by atoms with Crippen LogP contribution >= 0.6 is 0 Å². The number of fused-ring (bicyclic) bond motifs is 5. The molecule has 2 bridgehead atoms. The summed E-state index contributed by atoms with van der Waals surface area (Å²) in [5.74, 6) is -3.00. The molecule has 1 saturated heterocycles. The molecule has 2 aromatic carbocycles. The van der Waals surface area contributed by atoms with E-state index in [1.807, 2.05) is 0 Å². The Kier molecular flexibility index (Phi) is 5.58. The van der Waals surface area contributed by atoms with E-state index < -0.39 is 52.5 Å². The molecule has 35 heavy (non-hydrogen) atoms. The number of hydrogen-bond donors (Lipinski definition) is 0. The van der Waals surface area contributed by atoms with Crippen LogP contribution in [0.4, 0.5) is 5.69 Å². The lowest BCUT2D eigenvalue weighted by Crippen LogP contribution is -2.52. The minimum absolute atomic E-state index is 0.0727. The number of nitrogens with zero attached hydrogens (tertiary/aromatic N) is 3. The van der Waals surface area contributed by atoms with Crippen LogP contribution in [-0.2, 0) is 9.59 Å². The van der Waals surface area contributed by atoms with Crippen LogP contribution in [0.3, 0.4) is 0 Å². The third kappa shape index (κ3) is 3.65. The highest BCUT2D eigenvalue weighted by Gasteiger charge is 2.62. The molecule has 0 aromatic heterocycles. The summed E-state index contributed by atoms with van der Waals surface area (Å²) in [6, 6.07) is 11.5. The summed E-state index contributed by atoms with van der Waals surface area (Å²) >= 11 is 0. The van der Waals surface area contributed by atoms with Gasteiger partial charge in [-0.3, -0.25) is 29.3 Å². The fourth-order valence-electron chi connectivity index (χ4n) is 5.84. The summed E-state index contributed by atoms with van der Waals surface area (Å²) in [6.07, 6.45) is 2.50. The lowest BCUT2D eigenvalue weighted by molar-refractivity contribution is -0.385. The van der Waals surface area contributed by atoms with E-state index in [9.17, 15) is 29.3 Å². The van der Waals surface area contributed by atoms with Crippen molar-refractivity contribution < 1.29 is 28.8 Å². The molecule has 180 valence electrons. The topological polar surface area (TPSA) is 127 Å². The van der Waals surface area contributed by atoms with Crippen LogP contribution in [0.5, 0.6) is 5.75 Å². The van der Waals surface area contributed by atoms with E-state index in [1.54, 1.807) is 12.1 Å².